The third-order valence-corrected chi connectivity index (χ3v) is 7.01. The van der Waals surface area contributed by atoms with Gasteiger partial charge in [0.15, 0.2) is 10.3 Å². The fourth-order valence-electron chi connectivity index (χ4n) is 3.44. The summed E-state index contributed by atoms with van der Waals surface area (Å²) in [6.07, 6.45) is 4.74. The number of aromatic nitrogens is 4. The number of anilines is 1. The summed E-state index contributed by atoms with van der Waals surface area (Å²) in [4.78, 5) is 17.1. The van der Waals surface area contributed by atoms with Gasteiger partial charge in [-0.3, -0.25) is 4.79 Å². The van der Waals surface area contributed by atoms with E-state index in [-0.39, 0.29) is 11.7 Å². The van der Waals surface area contributed by atoms with E-state index in [1.807, 2.05) is 23.6 Å². The van der Waals surface area contributed by atoms with Gasteiger partial charge in [-0.1, -0.05) is 11.8 Å². The number of thiazole rings is 1. The van der Waals surface area contributed by atoms with Crippen molar-refractivity contribution in [3.8, 4) is 22.8 Å². The van der Waals surface area contributed by atoms with Crippen LogP contribution in [0.25, 0.3) is 11.3 Å². The van der Waals surface area contributed by atoms with Crippen molar-refractivity contribution in [3.05, 3.63) is 29.4 Å². The van der Waals surface area contributed by atoms with Crippen LogP contribution in [0, 0.1) is 0 Å². The number of ether oxygens (including phenoxy) is 2. The minimum absolute atomic E-state index is 0.109. The number of hydrogen-bond acceptors (Lipinski definition) is 8. The molecule has 5 rings (SSSR count). The van der Waals surface area contributed by atoms with E-state index >= 15 is 0 Å². The Morgan fingerprint density at radius 3 is 2.77 bits per heavy atom. The third-order valence-electron chi connectivity index (χ3n) is 5.31. The summed E-state index contributed by atoms with van der Waals surface area (Å²) in [6.45, 7) is 0. The lowest BCUT2D eigenvalue weighted by Gasteiger charge is -2.08. The number of carbonyl (C=O) groups excluding carboxylic acids is 1. The summed E-state index contributed by atoms with van der Waals surface area (Å²) in [6, 6.07) is 6.06. The number of benzene rings is 1. The van der Waals surface area contributed by atoms with Gasteiger partial charge in [0.2, 0.25) is 5.91 Å². The summed E-state index contributed by atoms with van der Waals surface area (Å²) >= 11 is 2.82. The Labute approximate surface area is 188 Å². The highest BCUT2D eigenvalue weighted by Gasteiger charge is 2.36. The molecule has 0 radical (unpaired) electrons. The molecular weight excluding hydrogens is 434 g/mol. The molecule has 0 atom stereocenters. The fourth-order valence-corrected chi connectivity index (χ4v) is 4.98. The number of nitrogens with zero attached hydrogens (tertiary/aromatic N) is 4. The van der Waals surface area contributed by atoms with E-state index in [4.69, 9.17) is 9.47 Å². The lowest BCUT2D eigenvalue weighted by atomic mass is 10.1. The van der Waals surface area contributed by atoms with Gasteiger partial charge in [-0.15, -0.1) is 21.5 Å². The highest BCUT2D eigenvalue weighted by atomic mass is 32.2. The maximum absolute atomic E-state index is 12.5. The van der Waals surface area contributed by atoms with Gasteiger partial charge in [-0.2, -0.15) is 0 Å². The molecule has 3 aromatic rings. The zero-order valence-corrected chi connectivity index (χ0v) is 19.0. The van der Waals surface area contributed by atoms with E-state index in [9.17, 15) is 4.79 Å². The molecule has 0 aliphatic heterocycles. The second kappa shape index (κ2) is 8.51. The topological polar surface area (TPSA) is 91.2 Å². The number of rotatable bonds is 9. The third kappa shape index (κ3) is 4.40. The number of nitrogens with one attached hydrogen (secondary N) is 1. The molecule has 31 heavy (non-hydrogen) atoms. The molecule has 2 aliphatic carbocycles. The Kier molecular flexibility index (Phi) is 5.58. The summed E-state index contributed by atoms with van der Waals surface area (Å²) in [7, 11) is 3.24. The number of carbonyl (C=O) groups is 1. The summed E-state index contributed by atoms with van der Waals surface area (Å²) < 4.78 is 13.0. The highest BCUT2D eigenvalue weighted by Crippen LogP contribution is 2.46. The molecule has 1 N–H and O–H groups in total. The van der Waals surface area contributed by atoms with Crippen LogP contribution in [-0.4, -0.2) is 45.6 Å². The zero-order chi connectivity index (χ0) is 21.4. The Morgan fingerprint density at radius 2 is 2.06 bits per heavy atom. The minimum Gasteiger partial charge on any atom is -0.497 e. The van der Waals surface area contributed by atoms with Crippen LogP contribution in [-0.2, 0) is 4.79 Å². The smallest absolute Gasteiger partial charge is 0.236 e. The first-order valence-electron chi connectivity index (χ1n) is 10.2. The van der Waals surface area contributed by atoms with Crippen molar-refractivity contribution in [2.24, 2.45) is 0 Å². The predicted octanol–water partition coefficient (Wildman–Crippen LogP) is 4.36. The normalized spacial score (nSPS) is 15.7. The highest BCUT2D eigenvalue weighted by molar-refractivity contribution is 7.99. The molecule has 2 aliphatic rings. The lowest BCUT2D eigenvalue weighted by Crippen LogP contribution is -2.14. The molecule has 8 nitrogen and oxygen atoms in total. The van der Waals surface area contributed by atoms with E-state index in [0.29, 0.717) is 22.8 Å². The van der Waals surface area contributed by atoms with Gasteiger partial charge in [-0.05, 0) is 43.9 Å². The zero-order valence-electron chi connectivity index (χ0n) is 17.3. The van der Waals surface area contributed by atoms with Crippen LogP contribution in [0.15, 0.2) is 28.7 Å². The summed E-state index contributed by atoms with van der Waals surface area (Å²) in [5, 5.41) is 14.9. The summed E-state index contributed by atoms with van der Waals surface area (Å²) in [5.41, 5.74) is 1.55. The van der Waals surface area contributed by atoms with Gasteiger partial charge >= 0.3 is 0 Å². The van der Waals surface area contributed by atoms with Gasteiger partial charge in [0, 0.05) is 22.9 Å². The molecule has 1 aromatic carbocycles. The average Bonchev–Trinajstić information content (AvgIpc) is 3.72. The molecule has 2 heterocycles. The second-order valence-electron chi connectivity index (χ2n) is 7.66. The molecule has 2 aromatic heterocycles. The van der Waals surface area contributed by atoms with Crippen LogP contribution in [0.5, 0.6) is 11.5 Å². The van der Waals surface area contributed by atoms with Crippen molar-refractivity contribution in [2.45, 2.75) is 42.8 Å². The van der Waals surface area contributed by atoms with Crippen molar-refractivity contribution < 1.29 is 14.3 Å². The van der Waals surface area contributed by atoms with Crippen LogP contribution in [0.4, 0.5) is 5.13 Å². The molecule has 0 saturated heterocycles. The van der Waals surface area contributed by atoms with Gasteiger partial charge < -0.3 is 19.4 Å². The van der Waals surface area contributed by atoms with Crippen molar-refractivity contribution in [2.75, 3.05) is 25.3 Å². The van der Waals surface area contributed by atoms with Crippen LogP contribution in [0.2, 0.25) is 0 Å². The van der Waals surface area contributed by atoms with E-state index in [1.54, 1.807) is 14.2 Å². The molecule has 0 bridgehead atoms. The number of amides is 1. The Morgan fingerprint density at radius 1 is 1.23 bits per heavy atom. The van der Waals surface area contributed by atoms with Crippen LogP contribution >= 0.6 is 23.1 Å². The maximum Gasteiger partial charge on any atom is 0.236 e. The van der Waals surface area contributed by atoms with Crippen molar-refractivity contribution in [1.29, 1.82) is 0 Å². The van der Waals surface area contributed by atoms with E-state index < -0.39 is 0 Å². The van der Waals surface area contributed by atoms with Crippen LogP contribution in [0.3, 0.4) is 0 Å². The van der Waals surface area contributed by atoms with Crippen molar-refractivity contribution in [1.82, 2.24) is 19.7 Å². The van der Waals surface area contributed by atoms with Crippen molar-refractivity contribution in [3.63, 3.8) is 0 Å². The van der Waals surface area contributed by atoms with Crippen LogP contribution < -0.4 is 14.8 Å². The predicted molar refractivity (Wildman–Crippen MR) is 120 cm³/mol. The first-order valence-corrected chi connectivity index (χ1v) is 12.1. The maximum atomic E-state index is 12.5. The largest absolute Gasteiger partial charge is 0.497 e. The number of hydrogen-bond donors (Lipinski definition) is 1. The molecule has 0 spiro atoms. The molecule has 2 fully saturated rings. The monoisotopic (exact) mass is 457 g/mol. The first kappa shape index (κ1) is 20.3. The standard InChI is InChI=1S/C21H23N5O3S2/c1-28-14-7-8-17(29-2)15(9-14)16-10-30-20(22-16)23-18(27)11-31-21-25-24-19(12-3-4-12)26(21)13-5-6-13/h7-10,12-13H,3-6,11H2,1-2H3,(H,22,23,27). The SMILES string of the molecule is COc1ccc(OC)c(-c2csc(NC(=O)CSc3nnc(C4CC4)n3C3CC3)n2)c1. The van der Waals surface area contributed by atoms with Crippen molar-refractivity contribution >= 4 is 34.1 Å². The molecular formula is C21H23N5O3S2. The molecule has 162 valence electrons. The van der Waals surface area contributed by atoms with E-state index in [0.717, 1.165) is 28.0 Å². The van der Waals surface area contributed by atoms with Gasteiger partial charge in [0.25, 0.3) is 0 Å². The Hall–Kier alpha value is -2.59. The lowest BCUT2D eigenvalue weighted by molar-refractivity contribution is -0.113. The summed E-state index contributed by atoms with van der Waals surface area (Å²) in [5.74, 6) is 3.23. The van der Waals surface area contributed by atoms with Gasteiger partial charge in [-0.25, -0.2) is 4.98 Å². The molecule has 2 saturated carbocycles. The molecule has 10 heteroatoms. The number of thioether (sulfide) groups is 1. The quantitative estimate of drug-likeness (QED) is 0.477. The Balaban J connectivity index is 1.24. The minimum atomic E-state index is -0.109. The van der Waals surface area contributed by atoms with E-state index in [1.165, 1.54) is 48.8 Å². The average molecular weight is 458 g/mol. The van der Waals surface area contributed by atoms with Gasteiger partial charge in [0.05, 0.1) is 25.7 Å². The number of methoxy groups -OCH3 is 2. The van der Waals surface area contributed by atoms with E-state index in [2.05, 4.69) is 25.1 Å². The Bertz CT molecular complexity index is 1100. The molecule has 1 amide bonds. The first-order chi connectivity index (χ1) is 15.2. The van der Waals surface area contributed by atoms with Gasteiger partial charge in [0.1, 0.15) is 17.3 Å². The molecule has 0 unspecified atom stereocenters. The second-order valence-corrected chi connectivity index (χ2v) is 9.46. The van der Waals surface area contributed by atoms with Crippen LogP contribution in [0.1, 0.15) is 43.5 Å². The fraction of sp³-hybridized carbons (Fsp3) is 0.429.